The van der Waals surface area contributed by atoms with Crippen LogP contribution in [0.5, 0.6) is 0 Å². The number of nitrogens with zero attached hydrogens (tertiary/aromatic N) is 2. The number of hydrogen-bond acceptors (Lipinski definition) is 4. The molecule has 0 unspecified atom stereocenters. The van der Waals surface area contributed by atoms with Gasteiger partial charge in [-0.25, -0.2) is 4.98 Å². The Kier molecular flexibility index (Phi) is 2.40. The number of fused-ring (bicyclic) bond motifs is 2. The van der Waals surface area contributed by atoms with Gasteiger partial charge in [-0.2, -0.15) is 0 Å². The van der Waals surface area contributed by atoms with E-state index >= 15 is 0 Å². The number of pyridine rings is 1. The van der Waals surface area contributed by atoms with Gasteiger partial charge in [-0.3, -0.25) is 9.78 Å². The molecule has 0 amide bonds. The maximum atomic E-state index is 11.8. The zero-order valence-corrected chi connectivity index (χ0v) is 11.1. The Morgan fingerprint density at radius 2 is 1.95 bits per heavy atom. The van der Waals surface area contributed by atoms with Crippen LogP contribution in [0.25, 0.3) is 31.7 Å². The van der Waals surface area contributed by atoms with Gasteiger partial charge in [0.05, 0.1) is 33.2 Å². The van der Waals surface area contributed by atoms with Gasteiger partial charge in [0, 0.05) is 10.9 Å². The molecule has 96 valence electrons. The zero-order valence-electron chi connectivity index (χ0n) is 10.3. The summed E-state index contributed by atoms with van der Waals surface area (Å²) in [6.45, 7) is 0. The molecule has 0 radical (unpaired) electrons. The van der Waals surface area contributed by atoms with Gasteiger partial charge < -0.3 is 4.98 Å². The monoisotopic (exact) mass is 279 g/mol. The highest BCUT2D eigenvalue weighted by Crippen LogP contribution is 2.30. The van der Waals surface area contributed by atoms with Crippen LogP contribution in [0.3, 0.4) is 0 Å². The molecule has 1 aromatic carbocycles. The molecule has 4 rings (SSSR count). The topological polar surface area (TPSA) is 58.6 Å². The number of benzene rings is 1. The van der Waals surface area contributed by atoms with Gasteiger partial charge >= 0.3 is 0 Å². The lowest BCUT2D eigenvalue weighted by atomic mass is 10.2. The Balaban J connectivity index is 1.96. The molecule has 3 heterocycles. The number of aromatic nitrogens is 3. The Bertz CT molecular complexity index is 987. The van der Waals surface area contributed by atoms with Crippen LogP contribution in [-0.4, -0.2) is 15.0 Å². The predicted molar refractivity (Wildman–Crippen MR) is 81.0 cm³/mol. The average molecular weight is 279 g/mol. The summed E-state index contributed by atoms with van der Waals surface area (Å²) in [6, 6.07) is 11.5. The van der Waals surface area contributed by atoms with E-state index in [2.05, 4.69) is 15.0 Å². The molecule has 4 aromatic rings. The SMILES string of the molecule is O=c1[nH]ccc2sc(-c3cnc4ccccc4n3)cc12. The third kappa shape index (κ3) is 1.71. The molecule has 4 nitrogen and oxygen atoms in total. The first-order valence-electron chi connectivity index (χ1n) is 6.15. The number of thiophene rings is 1. The molecule has 0 aliphatic carbocycles. The maximum absolute atomic E-state index is 11.8. The van der Waals surface area contributed by atoms with Crippen molar-refractivity contribution in [3.05, 3.63) is 59.1 Å². The Labute approximate surface area is 117 Å². The van der Waals surface area contributed by atoms with E-state index in [4.69, 9.17) is 0 Å². The second-order valence-corrected chi connectivity index (χ2v) is 5.52. The van der Waals surface area contributed by atoms with Gasteiger partial charge in [0.15, 0.2) is 0 Å². The van der Waals surface area contributed by atoms with Gasteiger partial charge in [-0.15, -0.1) is 11.3 Å². The average Bonchev–Trinajstić information content (AvgIpc) is 2.92. The molecule has 0 aliphatic heterocycles. The number of aromatic amines is 1. The minimum absolute atomic E-state index is 0.0706. The van der Waals surface area contributed by atoms with Gasteiger partial charge in [-0.05, 0) is 24.3 Å². The molecule has 0 bridgehead atoms. The standard InChI is InChI=1S/C15H9N3OS/c19-15-9-7-14(20-13(9)5-6-16-15)12-8-17-10-3-1-2-4-11(10)18-12/h1-8H,(H,16,19). The molecule has 0 aliphatic rings. The van der Waals surface area contributed by atoms with E-state index in [0.717, 1.165) is 26.3 Å². The van der Waals surface area contributed by atoms with E-state index in [1.165, 1.54) is 0 Å². The van der Waals surface area contributed by atoms with Crippen molar-refractivity contribution in [3.8, 4) is 10.6 Å². The van der Waals surface area contributed by atoms with Crippen LogP contribution < -0.4 is 5.56 Å². The molecule has 0 saturated heterocycles. The Morgan fingerprint density at radius 3 is 2.80 bits per heavy atom. The lowest BCUT2D eigenvalue weighted by Gasteiger charge is -1.99. The van der Waals surface area contributed by atoms with Crippen LogP contribution in [0.4, 0.5) is 0 Å². The van der Waals surface area contributed by atoms with Crippen LogP contribution in [0, 0.1) is 0 Å². The summed E-state index contributed by atoms with van der Waals surface area (Å²) in [6.07, 6.45) is 3.41. The number of para-hydroxylation sites is 2. The normalized spacial score (nSPS) is 11.2. The smallest absolute Gasteiger partial charge is 0.256 e. The van der Waals surface area contributed by atoms with Gasteiger partial charge in [0.2, 0.25) is 0 Å². The minimum atomic E-state index is -0.0706. The molecule has 0 fully saturated rings. The van der Waals surface area contributed by atoms with Crippen molar-refractivity contribution in [1.82, 2.24) is 15.0 Å². The van der Waals surface area contributed by atoms with Crippen LogP contribution in [-0.2, 0) is 0 Å². The van der Waals surface area contributed by atoms with E-state index in [-0.39, 0.29) is 5.56 Å². The fourth-order valence-corrected chi connectivity index (χ4v) is 3.19. The lowest BCUT2D eigenvalue weighted by Crippen LogP contribution is -2.01. The molecule has 20 heavy (non-hydrogen) atoms. The summed E-state index contributed by atoms with van der Waals surface area (Å²) < 4.78 is 0.957. The highest BCUT2D eigenvalue weighted by Gasteiger charge is 2.08. The fourth-order valence-electron chi connectivity index (χ4n) is 2.18. The van der Waals surface area contributed by atoms with Crippen molar-refractivity contribution >= 4 is 32.5 Å². The third-order valence-corrected chi connectivity index (χ3v) is 4.28. The number of nitrogens with one attached hydrogen (secondary N) is 1. The minimum Gasteiger partial charge on any atom is -0.329 e. The van der Waals surface area contributed by atoms with Crippen molar-refractivity contribution in [2.75, 3.05) is 0 Å². The lowest BCUT2D eigenvalue weighted by molar-refractivity contribution is 1.28. The van der Waals surface area contributed by atoms with Crippen molar-refractivity contribution in [2.24, 2.45) is 0 Å². The third-order valence-electron chi connectivity index (χ3n) is 3.16. The first kappa shape index (κ1) is 11.3. The van der Waals surface area contributed by atoms with Crippen molar-refractivity contribution < 1.29 is 0 Å². The summed E-state index contributed by atoms with van der Waals surface area (Å²) >= 11 is 1.55. The molecule has 5 heteroatoms. The van der Waals surface area contributed by atoms with Crippen molar-refractivity contribution in [3.63, 3.8) is 0 Å². The van der Waals surface area contributed by atoms with Gasteiger partial charge in [-0.1, -0.05) is 12.1 Å². The van der Waals surface area contributed by atoms with Crippen LogP contribution in [0.1, 0.15) is 0 Å². The van der Waals surface area contributed by atoms with E-state index in [1.54, 1.807) is 23.7 Å². The van der Waals surface area contributed by atoms with E-state index in [9.17, 15) is 4.79 Å². The number of hydrogen-bond donors (Lipinski definition) is 1. The Morgan fingerprint density at radius 1 is 1.10 bits per heavy atom. The highest BCUT2D eigenvalue weighted by molar-refractivity contribution is 7.22. The highest BCUT2D eigenvalue weighted by atomic mass is 32.1. The van der Waals surface area contributed by atoms with E-state index < -0.39 is 0 Å². The molecule has 0 saturated carbocycles. The van der Waals surface area contributed by atoms with Crippen molar-refractivity contribution in [1.29, 1.82) is 0 Å². The summed E-state index contributed by atoms with van der Waals surface area (Å²) in [4.78, 5) is 24.4. The first-order valence-corrected chi connectivity index (χ1v) is 6.96. The van der Waals surface area contributed by atoms with Gasteiger partial charge in [0.1, 0.15) is 0 Å². The van der Waals surface area contributed by atoms with Gasteiger partial charge in [0.25, 0.3) is 5.56 Å². The zero-order chi connectivity index (χ0) is 13.5. The fraction of sp³-hybridized carbons (Fsp3) is 0. The van der Waals surface area contributed by atoms with Crippen LogP contribution in [0.15, 0.2) is 53.6 Å². The molecule has 3 aromatic heterocycles. The molecule has 0 atom stereocenters. The Hall–Kier alpha value is -2.53. The molecule has 0 spiro atoms. The van der Waals surface area contributed by atoms with Crippen LogP contribution in [0.2, 0.25) is 0 Å². The molecular weight excluding hydrogens is 270 g/mol. The second kappa shape index (κ2) is 4.25. The van der Waals surface area contributed by atoms with Crippen molar-refractivity contribution in [2.45, 2.75) is 0 Å². The molecule has 1 N–H and O–H groups in total. The quantitative estimate of drug-likeness (QED) is 0.582. The number of rotatable bonds is 1. The summed E-state index contributed by atoms with van der Waals surface area (Å²) in [5, 5.41) is 0.697. The largest absolute Gasteiger partial charge is 0.329 e. The van der Waals surface area contributed by atoms with E-state index in [1.807, 2.05) is 36.4 Å². The summed E-state index contributed by atoms with van der Waals surface area (Å²) in [5.41, 5.74) is 2.45. The van der Waals surface area contributed by atoms with E-state index in [0.29, 0.717) is 5.39 Å². The number of H-pyrrole nitrogens is 1. The predicted octanol–water partition coefficient (Wildman–Crippen LogP) is 3.20. The first-order chi connectivity index (χ1) is 9.81. The molecular formula is C15H9N3OS. The van der Waals surface area contributed by atoms with Crippen LogP contribution >= 0.6 is 11.3 Å². The summed E-state index contributed by atoms with van der Waals surface area (Å²) in [5.74, 6) is 0. The second-order valence-electron chi connectivity index (χ2n) is 4.44. The maximum Gasteiger partial charge on any atom is 0.256 e. The summed E-state index contributed by atoms with van der Waals surface area (Å²) in [7, 11) is 0.